The summed E-state index contributed by atoms with van der Waals surface area (Å²) in [6, 6.07) is 11.5. The standard InChI is InChI=1S/C31H37N5O3.C2H6/c1-20(19-36-14-11-23(12-15-36)22-6-8-24(9-7-22)30(37)35(3)4)16-26-21(2)33-13-10-25(26)28-18-34-29(32)17-27(28)31(38)39-5;1-2/h6-10,13,16-18,23H,11-12,14-15,19H2,1-5H3,(H2,32,34);1-2H3/b20-16+;. The Balaban J connectivity index is 0.00000226. The van der Waals surface area contributed by atoms with Gasteiger partial charge in [0.15, 0.2) is 0 Å². The first-order valence-electron chi connectivity index (χ1n) is 14.2. The molecule has 1 saturated heterocycles. The molecule has 0 unspecified atom stereocenters. The maximum absolute atomic E-state index is 12.5. The molecular weight excluding hydrogens is 514 g/mol. The first kappa shape index (κ1) is 31.5. The minimum absolute atomic E-state index is 0.0276. The largest absolute Gasteiger partial charge is 0.465 e. The molecule has 0 radical (unpaired) electrons. The van der Waals surface area contributed by atoms with E-state index in [-0.39, 0.29) is 11.7 Å². The summed E-state index contributed by atoms with van der Waals surface area (Å²) in [5.74, 6) is 0.331. The van der Waals surface area contributed by atoms with E-state index in [2.05, 4.69) is 40.0 Å². The van der Waals surface area contributed by atoms with Crippen molar-refractivity contribution in [1.29, 1.82) is 0 Å². The van der Waals surface area contributed by atoms with Gasteiger partial charge in [0.2, 0.25) is 0 Å². The zero-order valence-electron chi connectivity index (χ0n) is 25.4. The second-order valence-electron chi connectivity index (χ2n) is 10.4. The van der Waals surface area contributed by atoms with Gasteiger partial charge in [0.25, 0.3) is 5.91 Å². The minimum Gasteiger partial charge on any atom is -0.465 e. The number of nitrogens with zero attached hydrogens (tertiary/aromatic N) is 4. The molecule has 1 fully saturated rings. The van der Waals surface area contributed by atoms with Gasteiger partial charge in [-0.1, -0.05) is 37.6 Å². The molecule has 218 valence electrons. The molecule has 1 aliphatic heterocycles. The third kappa shape index (κ3) is 7.79. The Bertz CT molecular complexity index is 1370. The maximum atomic E-state index is 12.5. The van der Waals surface area contributed by atoms with Gasteiger partial charge < -0.3 is 15.4 Å². The van der Waals surface area contributed by atoms with Gasteiger partial charge in [0, 0.05) is 55.4 Å². The molecule has 2 N–H and O–H groups in total. The van der Waals surface area contributed by atoms with Gasteiger partial charge in [-0.2, -0.15) is 0 Å². The molecule has 3 heterocycles. The number of hydrogen-bond donors (Lipinski definition) is 1. The van der Waals surface area contributed by atoms with Gasteiger partial charge in [-0.15, -0.1) is 0 Å². The lowest BCUT2D eigenvalue weighted by Gasteiger charge is -2.32. The number of amides is 1. The number of carbonyl (C=O) groups excluding carboxylic acids is 2. The highest BCUT2D eigenvalue weighted by Gasteiger charge is 2.22. The molecule has 3 aromatic rings. The molecule has 0 saturated carbocycles. The monoisotopic (exact) mass is 557 g/mol. The number of ether oxygens (including phenoxy) is 1. The fourth-order valence-electron chi connectivity index (χ4n) is 5.19. The Morgan fingerprint density at radius 2 is 1.73 bits per heavy atom. The van der Waals surface area contributed by atoms with Crippen LogP contribution >= 0.6 is 0 Å². The van der Waals surface area contributed by atoms with E-state index in [0.717, 1.165) is 54.9 Å². The van der Waals surface area contributed by atoms with Gasteiger partial charge in [0.1, 0.15) is 5.82 Å². The highest BCUT2D eigenvalue weighted by Crippen LogP contribution is 2.32. The Hall–Kier alpha value is -4.04. The molecule has 2 aromatic heterocycles. The summed E-state index contributed by atoms with van der Waals surface area (Å²) >= 11 is 0. The number of aryl methyl sites for hydroxylation is 1. The number of pyridine rings is 2. The lowest BCUT2D eigenvalue weighted by atomic mass is 9.88. The van der Waals surface area contributed by atoms with Crippen molar-refractivity contribution in [3.63, 3.8) is 0 Å². The predicted octanol–water partition coefficient (Wildman–Crippen LogP) is 5.83. The zero-order chi connectivity index (χ0) is 30.1. The topological polar surface area (TPSA) is 102 Å². The molecule has 0 atom stereocenters. The molecule has 1 aliphatic rings. The number of benzene rings is 1. The number of carbonyl (C=O) groups is 2. The minimum atomic E-state index is -0.456. The van der Waals surface area contributed by atoms with Crippen LogP contribution < -0.4 is 5.73 Å². The number of methoxy groups -OCH3 is 1. The van der Waals surface area contributed by atoms with Gasteiger partial charge in [-0.25, -0.2) is 9.78 Å². The van der Waals surface area contributed by atoms with E-state index in [9.17, 15) is 9.59 Å². The molecule has 8 nitrogen and oxygen atoms in total. The van der Waals surface area contributed by atoms with Crippen LogP contribution in [-0.2, 0) is 4.74 Å². The number of nitrogen functional groups attached to an aromatic ring is 1. The molecule has 0 aliphatic carbocycles. The van der Waals surface area contributed by atoms with Crippen molar-refractivity contribution < 1.29 is 14.3 Å². The van der Waals surface area contributed by atoms with Crippen LogP contribution in [0.4, 0.5) is 5.82 Å². The second kappa shape index (κ2) is 14.6. The quantitative estimate of drug-likeness (QED) is 0.365. The van der Waals surface area contributed by atoms with Crippen molar-refractivity contribution in [2.75, 3.05) is 46.6 Å². The Morgan fingerprint density at radius 1 is 1.07 bits per heavy atom. The third-order valence-electron chi connectivity index (χ3n) is 7.30. The molecule has 8 heteroatoms. The van der Waals surface area contributed by atoms with Crippen LogP contribution in [0.15, 0.2) is 54.4 Å². The summed E-state index contributed by atoms with van der Waals surface area (Å²) in [5.41, 5.74) is 12.8. The number of likely N-dealkylation sites (tertiary alicyclic amines) is 1. The van der Waals surface area contributed by atoms with E-state index in [1.54, 1.807) is 37.5 Å². The second-order valence-corrected chi connectivity index (χ2v) is 10.4. The van der Waals surface area contributed by atoms with Crippen LogP contribution in [0.2, 0.25) is 0 Å². The van der Waals surface area contributed by atoms with Crippen LogP contribution in [0.5, 0.6) is 0 Å². The van der Waals surface area contributed by atoms with Crippen LogP contribution in [0, 0.1) is 6.92 Å². The SMILES string of the molecule is CC.COC(=O)c1cc(N)ncc1-c1ccnc(C)c1/C=C(\C)CN1CCC(c2ccc(C(=O)N(C)C)cc2)CC1. The van der Waals surface area contributed by atoms with E-state index < -0.39 is 5.97 Å². The summed E-state index contributed by atoms with van der Waals surface area (Å²) in [6.07, 6.45) is 7.66. The number of aromatic nitrogens is 2. The molecule has 1 amide bonds. The fraction of sp³-hybridized carbons (Fsp3) is 0.394. The summed E-state index contributed by atoms with van der Waals surface area (Å²) in [5, 5.41) is 0. The Labute approximate surface area is 244 Å². The summed E-state index contributed by atoms with van der Waals surface area (Å²) in [4.78, 5) is 37.5. The van der Waals surface area contributed by atoms with Gasteiger partial charge in [-0.05, 0) is 81.1 Å². The number of anilines is 1. The van der Waals surface area contributed by atoms with E-state index in [1.165, 1.54) is 18.2 Å². The van der Waals surface area contributed by atoms with Crippen LogP contribution in [-0.4, -0.2) is 72.5 Å². The fourth-order valence-corrected chi connectivity index (χ4v) is 5.19. The van der Waals surface area contributed by atoms with Gasteiger partial charge >= 0.3 is 5.97 Å². The van der Waals surface area contributed by atoms with Crippen LogP contribution in [0.3, 0.4) is 0 Å². The summed E-state index contributed by atoms with van der Waals surface area (Å²) in [7, 11) is 4.90. The highest BCUT2D eigenvalue weighted by molar-refractivity contribution is 5.99. The molecule has 4 rings (SSSR count). The number of rotatable bonds is 7. The van der Waals surface area contributed by atoms with Crippen molar-refractivity contribution in [2.45, 2.75) is 46.5 Å². The lowest BCUT2D eigenvalue weighted by Crippen LogP contribution is -2.34. The average Bonchev–Trinajstić information content (AvgIpc) is 2.99. The Kier molecular flexibility index (Phi) is 11.2. The predicted molar refractivity (Wildman–Crippen MR) is 166 cm³/mol. The molecule has 41 heavy (non-hydrogen) atoms. The number of nitrogens with two attached hydrogens (primary N) is 1. The van der Waals surface area contributed by atoms with Crippen LogP contribution in [0.1, 0.15) is 77.1 Å². The van der Waals surface area contributed by atoms with Crippen molar-refractivity contribution >= 4 is 23.8 Å². The van der Waals surface area contributed by atoms with E-state index in [4.69, 9.17) is 10.5 Å². The first-order chi connectivity index (χ1) is 19.7. The van der Waals surface area contributed by atoms with Crippen LogP contribution in [0.25, 0.3) is 17.2 Å². The lowest BCUT2D eigenvalue weighted by molar-refractivity contribution is 0.0601. The normalized spacial score (nSPS) is 14.2. The Morgan fingerprint density at radius 3 is 2.34 bits per heavy atom. The summed E-state index contributed by atoms with van der Waals surface area (Å²) in [6.45, 7) is 10.9. The molecule has 1 aromatic carbocycles. The third-order valence-corrected chi connectivity index (χ3v) is 7.30. The summed E-state index contributed by atoms with van der Waals surface area (Å²) < 4.78 is 4.99. The van der Waals surface area contributed by atoms with E-state index in [0.29, 0.717) is 17.0 Å². The number of hydrogen-bond acceptors (Lipinski definition) is 7. The number of esters is 1. The van der Waals surface area contributed by atoms with Gasteiger partial charge in [0.05, 0.1) is 12.7 Å². The molecular formula is C33H43N5O3. The van der Waals surface area contributed by atoms with Gasteiger partial charge in [-0.3, -0.25) is 14.7 Å². The van der Waals surface area contributed by atoms with Crippen molar-refractivity contribution in [2.24, 2.45) is 0 Å². The highest BCUT2D eigenvalue weighted by atomic mass is 16.5. The van der Waals surface area contributed by atoms with E-state index >= 15 is 0 Å². The average molecular weight is 558 g/mol. The molecule has 0 spiro atoms. The van der Waals surface area contributed by atoms with Crippen molar-refractivity contribution in [3.05, 3.63) is 82.3 Å². The number of piperidine rings is 1. The first-order valence-corrected chi connectivity index (χ1v) is 14.2. The molecule has 0 bridgehead atoms. The zero-order valence-corrected chi connectivity index (χ0v) is 25.4. The van der Waals surface area contributed by atoms with E-state index in [1.807, 2.05) is 39.0 Å². The van der Waals surface area contributed by atoms with Crippen molar-refractivity contribution in [3.8, 4) is 11.1 Å². The maximum Gasteiger partial charge on any atom is 0.338 e. The van der Waals surface area contributed by atoms with Crippen molar-refractivity contribution in [1.82, 2.24) is 19.8 Å². The smallest absolute Gasteiger partial charge is 0.338 e.